The second kappa shape index (κ2) is 8.95. The summed E-state index contributed by atoms with van der Waals surface area (Å²) in [4.78, 5) is 2.35. The van der Waals surface area contributed by atoms with Crippen molar-refractivity contribution in [3.05, 3.63) is 88.3 Å². The van der Waals surface area contributed by atoms with Gasteiger partial charge in [-0.1, -0.05) is 49.4 Å². The second-order valence-electron chi connectivity index (χ2n) is 7.13. The van der Waals surface area contributed by atoms with Crippen LogP contribution in [0.2, 0.25) is 0 Å². The first-order valence-electron chi connectivity index (χ1n) is 9.21. The van der Waals surface area contributed by atoms with Gasteiger partial charge >= 0.3 is 0 Å². The molecule has 0 aliphatic heterocycles. The van der Waals surface area contributed by atoms with Crippen molar-refractivity contribution in [3.63, 3.8) is 0 Å². The SMILES string of the molecule is C=C(/C=C(\C)CN(CC)Cc1ccc(F)cc1)c1ccc(C)c(C)c1C. The Hall–Kier alpha value is -2.19. The molecule has 1 nitrogen and oxygen atoms in total. The smallest absolute Gasteiger partial charge is 0.123 e. The van der Waals surface area contributed by atoms with Gasteiger partial charge in [0.2, 0.25) is 0 Å². The van der Waals surface area contributed by atoms with E-state index in [0.29, 0.717) is 0 Å². The highest BCUT2D eigenvalue weighted by Gasteiger charge is 2.08. The molecule has 0 saturated carbocycles. The molecule has 0 N–H and O–H groups in total. The van der Waals surface area contributed by atoms with Gasteiger partial charge in [0.15, 0.2) is 0 Å². The molecule has 2 aromatic carbocycles. The number of aryl methyl sites for hydroxylation is 1. The average molecular weight is 352 g/mol. The molecule has 0 aromatic heterocycles. The Balaban J connectivity index is 2.09. The fraction of sp³-hybridized carbons (Fsp3) is 0.333. The molecule has 2 rings (SSSR count). The van der Waals surface area contributed by atoms with E-state index in [2.05, 4.69) is 64.3 Å². The molecule has 0 atom stereocenters. The lowest BCUT2D eigenvalue weighted by atomic mass is 9.94. The molecular formula is C24H30FN. The molecule has 0 fully saturated rings. The van der Waals surface area contributed by atoms with Crippen LogP contribution in [0.5, 0.6) is 0 Å². The van der Waals surface area contributed by atoms with E-state index in [9.17, 15) is 4.39 Å². The summed E-state index contributed by atoms with van der Waals surface area (Å²) in [6.45, 7) is 17.7. The third-order valence-electron chi connectivity index (χ3n) is 5.06. The zero-order chi connectivity index (χ0) is 19.3. The minimum absolute atomic E-state index is 0.187. The van der Waals surface area contributed by atoms with Crippen LogP contribution in [0.1, 0.15) is 41.7 Å². The lowest BCUT2D eigenvalue weighted by molar-refractivity contribution is 0.304. The van der Waals surface area contributed by atoms with Gasteiger partial charge in [0.1, 0.15) is 5.82 Å². The minimum Gasteiger partial charge on any atom is -0.295 e. The average Bonchev–Trinajstić information content (AvgIpc) is 2.60. The Morgan fingerprint density at radius 2 is 1.69 bits per heavy atom. The zero-order valence-electron chi connectivity index (χ0n) is 16.7. The highest BCUT2D eigenvalue weighted by molar-refractivity contribution is 5.75. The summed E-state index contributed by atoms with van der Waals surface area (Å²) < 4.78 is 13.1. The van der Waals surface area contributed by atoms with Crippen molar-refractivity contribution in [3.8, 4) is 0 Å². The number of hydrogen-bond donors (Lipinski definition) is 0. The van der Waals surface area contributed by atoms with Crippen molar-refractivity contribution >= 4 is 5.57 Å². The lowest BCUT2D eigenvalue weighted by Crippen LogP contribution is -2.24. The molecule has 0 aliphatic carbocycles. The first-order valence-corrected chi connectivity index (χ1v) is 9.21. The van der Waals surface area contributed by atoms with E-state index >= 15 is 0 Å². The summed E-state index contributed by atoms with van der Waals surface area (Å²) in [5.41, 5.74) is 8.63. The molecule has 0 heterocycles. The summed E-state index contributed by atoms with van der Waals surface area (Å²) in [5, 5.41) is 0. The summed E-state index contributed by atoms with van der Waals surface area (Å²) >= 11 is 0. The maximum absolute atomic E-state index is 13.1. The highest BCUT2D eigenvalue weighted by atomic mass is 19.1. The second-order valence-corrected chi connectivity index (χ2v) is 7.13. The number of allylic oxidation sites excluding steroid dienone is 2. The summed E-state index contributed by atoms with van der Waals surface area (Å²) in [5.74, 6) is -0.187. The van der Waals surface area contributed by atoms with E-state index in [-0.39, 0.29) is 5.82 Å². The summed E-state index contributed by atoms with van der Waals surface area (Å²) in [6, 6.07) is 11.1. The molecule has 2 aromatic rings. The number of hydrogen-bond acceptors (Lipinski definition) is 1. The van der Waals surface area contributed by atoms with Crippen LogP contribution < -0.4 is 0 Å². The van der Waals surface area contributed by atoms with Crippen LogP contribution in [0.3, 0.4) is 0 Å². The van der Waals surface area contributed by atoms with Gasteiger partial charge in [-0.3, -0.25) is 4.90 Å². The fourth-order valence-electron chi connectivity index (χ4n) is 3.21. The van der Waals surface area contributed by atoms with Gasteiger partial charge in [-0.15, -0.1) is 0 Å². The van der Waals surface area contributed by atoms with Crippen LogP contribution >= 0.6 is 0 Å². The van der Waals surface area contributed by atoms with Crippen molar-refractivity contribution in [2.24, 2.45) is 0 Å². The summed E-state index contributed by atoms with van der Waals surface area (Å²) in [7, 11) is 0. The number of likely N-dealkylation sites (N-methyl/N-ethyl adjacent to an activating group) is 1. The van der Waals surface area contributed by atoms with Gasteiger partial charge in [-0.05, 0) is 79.8 Å². The van der Waals surface area contributed by atoms with Crippen molar-refractivity contribution in [2.75, 3.05) is 13.1 Å². The van der Waals surface area contributed by atoms with E-state index in [4.69, 9.17) is 0 Å². The van der Waals surface area contributed by atoms with Crippen molar-refractivity contribution < 1.29 is 4.39 Å². The van der Waals surface area contributed by atoms with Gasteiger partial charge in [-0.2, -0.15) is 0 Å². The zero-order valence-corrected chi connectivity index (χ0v) is 16.7. The topological polar surface area (TPSA) is 3.24 Å². The molecular weight excluding hydrogens is 321 g/mol. The van der Waals surface area contributed by atoms with E-state index in [0.717, 1.165) is 30.8 Å². The summed E-state index contributed by atoms with van der Waals surface area (Å²) in [6.07, 6.45) is 2.18. The number of halogens is 1. The van der Waals surface area contributed by atoms with Crippen LogP contribution in [0.4, 0.5) is 4.39 Å². The highest BCUT2D eigenvalue weighted by Crippen LogP contribution is 2.24. The molecule has 0 aliphatic rings. The Morgan fingerprint density at radius 1 is 1.04 bits per heavy atom. The number of benzene rings is 2. The Morgan fingerprint density at radius 3 is 2.31 bits per heavy atom. The lowest BCUT2D eigenvalue weighted by Gasteiger charge is -2.21. The number of nitrogens with zero attached hydrogens (tertiary/aromatic N) is 1. The number of rotatable bonds is 7. The first kappa shape index (κ1) is 20.1. The standard InChI is InChI=1S/C24H30FN/c1-7-26(16-22-9-11-23(25)12-10-22)15-17(2)14-19(4)24-13-8-18(3)20(5)21(24)6/h8-14H,4,7,15-16H2,1-3,5-6H3/b17-14+. The van der Waals surface area contributed by atoms with E-state index in [1.807, 2.05) is 12.1 Å². The predicted octanol–water partition coefficient (Wildman–Crippen LogP) is 6.23. The molecule has 0 spiro atoms. The maximum atomic E-state index is 13.1. The molecule has 0 amide bonds. The maximum Gasteiger partial charge on any atom is 0.123 e. The van der Waals surface area contributed by atoms with Crippen LogP contribution in [0, 0.1) is 26.6 Å². The predicted molar refractivity (Wildman–Crippen MR) is 111 cm³/mol. The Labute approximate surface area is 157 Å². The van der Waals surface area contributed by atoms with Gasteiger partial charge in [0, 0.05) is 13.1 Å². The molecule has 0 saturated heterocycles. The molecule has 0 radical (unpaired) electrons. The van der Waals surface area contributed by atoms with Crippen molar-refractivity contribution in [2.45, 2.75) is 41.2 Å². The fourth-order valence-corrected chi connectivity index (χ4v) is 3.21. The van der Waals surface area contributed by atoms with E-state index in [1.54, 1.807) is 0 Å². The van der Waals surface area contributed by atoms with Crippen molar-refractivity contribution in [1.82, 2.24) is 4.90 Å². The molecule has 138 valence electrons. The monoisotopic (exact) mass is 351 g/mol. The van der Waals surface area contributed by atoms with Gasteiger partial charge in [0.25, 0.3) is 0 Å². The van der Waals surface area contributed by atoms with E-state index < -0.39 is 0 Å². The van der Waals surface area contributed by atoms with Gasteiger partial charge in [-0.25, -0.2) is 4.39 Å². The largest absolute Gasteiger partial charge is 0.295 e. The molecule has 0 unspecified atom stereocenters. The Bertz CT molecular complexity index is 800. The third kappa shape index (κ3) is 5.15. The Kier molecular flexibility index (Phi) is 6.93. The quantitative estimate of drug-likeness (QED) is 0.534. The van der Waals surface area contributed by atoms with E-state index in [1.165, 1.54) is 40.0 Å². The molecule has 0 bridgehead atoms. The third-order valence-corrected chi connectivity index (χ3v) is 5.06. The van der Waals surface area contributed by atoms with Crippen LogP contribution in [-0.4, -0.2) is 18.0 Å². The first-order chi connectivity index (χ1) is 12.3. The van der Waals surface area contributed by atoms with Crippen LogP contribution in [0.25, 0.3) is 5.57 Å². The van der Waals surface area contributed by atoms with Crippen molar-refractivity contribution in [1.29, 1.82) is 0 Å². The van der Waals surface area contributed by atoms with Crippen LogP contribution in [0.15, 0.2) is 54.6 Å². The minimum atomic E-state index is -0.187. The van der Waals surface area contributed by atoms with Crippen LogP contribution in [-0.2, 0) is 6.54 Å². The molecule has 2 heteroatoms. The van der Waals surface area contributed by atoms with Gasteiger partial charge in [0.05, 0.1) is 0 Å². The van der Waals surface area contributed by atoms with Gasteiger partial charge < -0.3 is 0 Å². The molecule has 26 heavy (non-hydrogen) atoms. The normalized spacial score (nSPS) is 11.9.